The van der Waals surface area contributed by atoms with Gasteiger partial charge < -0.3 is 14.6 Å². The molecule has 7 heteroatoms. The van der Waals surface area contributed by atoms with Gasteiger partial charge in [0.25, 0.3) is 0 Å². The number of thiophene rings is 1. The summed E-state index contributed by atoms with van der Waals surface area (Å²) in [5.41, 5.74) is 1.06. The molecule has 4 rings (SSSR count). The van der Waals surface area contributed by atoms with Crippen LogP contribution in [0.4, 0.5) is 0 Å². The fraction of sp³-hybridized carbons (Fsp3) is 0.389. The zero-order valence-electron chi connectivity index (χ0n) is 13.5. The number of likely N-dealkylation sites (tertiary alicyclic amines) is 1. The molecule has 0 saturated carbocycles. The number of piperidine rings is 1. The van der Waals surface area contributed by atoms with E-state index in [0.29, 0.717) is 6.54 Å². The zero-order valence-corrected chi connectivity index (χ0v) is 15.1. The number of carboxylic acid groups (broad SMARTS) is 1. The van der Waals surface area contributed by atoms with Gasteiger partial charge >= 0.3 is 5.97 Å². The number of ether oxygens (including phenoxy) is 2. The number of fused-ring (bicyclic) bond motifs is 1. The minimum absolute atomic E-state index is 0.0332. The van der Waals surface area contributed by atoms with Crippen LogP contribution in [0.2, 0.25) is 4.34 Å². The number of hydrogen-bond donors (Lipinski definition) is 1. The molecule has 1 saturated heterocycles. The largest absolute Gasteiger partial charge is 0.481 e. The highest BCUT2D eigenvalue weighted by atomic mass is 35.5. The first-order chi connectivity index (χ1) is 12.1. The minimum atomic E-state index is -0.724. The highest BCUT2D eigenvalue weighted by Crippen LogP contribution is 2.41. The molecule has 3 heterocycles. The van der Waals surface area contributed by atoms with E-state index in [0.717, 1.165) is 45.7 Å². The first-order valence-corrected chi connectivity index (χ1v) is 9.43. The van der Waals surface area contributed by atoms with Crippen molar-refractivity contribution in [3.05, 3.63) is 45.1 Å². The van der Waals surface area contributed by atoms with Gasteiger partial charge in [0, 0.05) is 11.4 Å². The second-order valence-electron chi connectivity index (χ2n) is 6.33. The van der Waals surface area contributed by atoms with Crippen molar-refractivity contribution in [3.8, 4) is 11.5 Å². The van der Waals surface area contributed by atoms with Crippen molar-refractivity contribution in [1.29, 1.82) is 0 Å². The maximum Gasteiger partial charge on any atom is 0.307 e. The predicted molar refractivity (Wildman–Crippen MR) is 95.7 cm³/mol. The van der Waals surface area contributed by atoms with Gasteiger partial charge in [0.1, 0.15) is 0 Å². The lowest BCUT2D eigenvalue weighted by Crippen LogP contribution is -2.41. The molecule has 0 radical (unpaired) electrons. The SMILES string of the molecule is O=C(O)C1CCCN(C(c2ccc3c(c2)OCO3)c2ccc(Cl)s2)C1. The Labute approximate surface area is 154 Å². The molecule has 2 unspecified atom stereocenters. The quantitative estimate of drug-likeness (QED) is 0.869. The molecule has 1 aromatic carbocycles. The summed E-state index contributed by atoms with van der Waals surface area (Å²) < 4.78 is 11.7. The van der Waals surface area contributed by atoms with E-state index in [1.807, 2.05) is 30.3 Å². The van der Waals surface area contributed by atoms with Crippen LogP contribution in [0.1, 0.15) is 29.3 Å². The summed E-state index contributed by atoms with van der Waals surface area (Å²) in [4.78, 5) is 14.8. The average molecular weight is 380 g/mol. The molecule has 2 atom stereocenters. The number of halogens is 1. The van der Waals surface area contributed by atoms with E-state index in [9.17, 15) is 9.90 Å². The van der Waals surface area contributed by atoms with Crippen LogP contribution in [0.3, 0.4) is 0 Å². The molecule has 0 bridgehead atoms. The molecule has 2 aliphatic heterocycles. The molecule has 0 amide bonds. The zero-order chi connectivity index (χ0) is 17.4. The second-order valence-corrected chi connectivity index (χ2v) is 8.08. The maximum absolute atomic E-state index is 11.5. The normalized spacial score (nSPS) is 21.2. The van der Waals surface area contributed by atoms with Crippen molar-refractivity contribution in [3.63, 3.8) is 0 Å². The third-order valence-electron chi connectivity index (χ3n) is 4.74. The number of rotatable bonds is 4. The highest BCUT2D eigenvalue weighted by Gasteiger charge is 2.32. The summed E-state index contributed by atoms with van der Waals surface area (Å²) >= 11 is 7.70. The average Bonchev–Trinajstić information content (AvgIpc) is 3.24. The fourth-order valence-corrected chi connectivity index (χ4v) is 4.78. The van der Waals surface area contributed by atoms with Gasteiger partial charge in [-0.3, -0.25) is 9.69 Å². The molecule has 2 aliphatic rings. The van der Waals surface area contributed by atoms with E-state index in [2.05, 4.69) is 4.90 Å². The summed E-state index contributed by atoms with van der Waals surface area (Å²) in [5.74, 6) is 0.421. The summed E-state index contributed by atoms with van der Waals surface area (Å²) in [5, 5.41) is 9.43. The number of benzene rings is 1. The van der Waals surface area contributed by atoms with Crippen molar-refractivity contribution in [2.75, 3.05) is 19.9 Å². The van der Waals surface area contributed by atoms with Crippen LogP contribution in [-0.2, 0) is 4.79 Å². The van der Waals surface area contributed by atoms with E-state index >= 15 is 0 Å². The molecule has 1 N–H and O–H groups in total. The van der Waals surface area contributed by atoms with Crippen LogP contribution < -0.4 is 9.47 Å². The Morgan fingerprint density at radius 3 is 2.88 bits per heavy atom. The van der Waals surface area contributed by atoms with Crippen LogP contribution >= 0.6 is 22.9 Å². The van der Waals surface area contributed by atoms with Gasteiger partial charge in [-0.1, -0.05) is 17.7 Å². The Kier molecular flexibility index (Phi) is 4.58. The molecule has 1 fully saturated rings. The van der Waals surface area contributed by atoms with Crippen LogP contribution in [0.25, 0.3) is 0 Å². The topological polar surface area (TPSA) is 59.0 Å². The first-order valence-electron chi connectivity index (χ1n) is 8.23. The van der Waals surface area contributed by atoms with Gasteiger partial charge in [-0.2, -0.15) is 0 Å². The van der Waals surface area contributed by atoms with E-state index in [4.69, 9.17) is 21.1 Å². The lowest BCUT2D eigenvalue weighted by Gasteiger charge is -2.37. The van der Waals surface area contributed by atoms with Gasteiger partial charge in [0.2, 0.25) is 6.79 Å². The molecule has 25 heavy (non-hydrogen) atoms. The Hall–Kier alpha value is -1.76. The molecular formula is C18H18ClNO4S. The van der Waals surface area contributed by atoms with Gasteiger partial charge in [0.05, 0.1) is 16.3 Å². The Balaban J connectivity index is 1.70. The number of aliphatic carboxylic acids is 1. The monoisotopic (exact) mass is 379 g/mol. The van der Waals surface area contributed by atoms with Crippen molar-refractivity contribution >= 4 is 28.9 Å². The molecule has 5 nitrogen and oxygen atoms in total. The second kappa shape index (κ2) is 6.86. The van der Waals surface area contributed by atoms with Crippen molar-refractivity contribution in [2.45, 2.75) is 18.9 Å². The van der Waals surface area contributed by atoms with E-state index in [1.54, 1.807) is 0 Å². The van der Waals surface area contributed by atoms with Gasteiger partial charge in [0.15, 0.2) is 11.5 Å². The number of carboxylic acids is 1. The fourth-order valence-electron chi connectivity index (χ4n) is 3.56. The predicted octanol–water partition coefficient (Wildman–Crippen LogP) is 4.02. The molecule has 2 aromatic rings. The van der Waals surface area contributed by atoms with Crippen LogP contribution in [0.15, 0.2) is 30.3 Å². The van der Waals surface area contributed by atoms with E-state index in [-0.39, 0.29) is 18.8 Å². The van der Waals surface area contributed by atoms with Crippen molar-refractivity contribution < 1.29 is 19.4 Å². The molecule has 0 aliphatic carbocycles. The number of nitrogens with zero attached hydrogens (tertiary/aromatic N) is 1. The standard InChI is InChI=1S/C18H18ClNO4S/c19-16-6-5-15(25-16)17(20-7-1-2-12(9-20)18(21)22)11-3-4-13-14(8-11)24-10-23-13/h3-6,8,12,17H,1-2,7,9-10H2,(H,21,22). The van der Waals surface area contributed by atoms with Gasteiger partial charge in [-0.05, 0) is 49.2 Å². The third-order valence-corrected chi connectivity index (χ3v) is 6.03. The minimum Gasteiger partial charge on any atom is -0.481 e. The Morgan fingerprint density at radius 2 is 2.12 bits per heavy atom. The van der Waals surface area contributed by atoms with E-state index < -0.39 is 5.97 Å². The molecule has 1 aromatic heterocycles. The number of hydrogen-bond acceptors (Lipinski definition) is 5. The van der Waals surface area contributed by atoms with Crippen molar-refractivity contribution in [1.82, 2.24) is 4.90 Å². The van der Waals surface area contributed by atoms with Crippen molar-refractivity contribution in [2.24, 2.45) is 5.92 Å². The molecule has 0 spiro atoms. The highest BCUT2D eigenvalue weighted by molar-refractivity contribution is 7.16. The lowest BCUT2D eigenvalue weighted by atomic mass is 9.94. The smallest absolute Gasteiger partial charge is 0.307 e. The lowest BCUT2D eigenvalue weighted by molar-refractivity contribution is -0.143. The van der Waals surface area contributed by atoms with E-state index in [1.165, 1.54) is 11.3 Å². The summed E-state index contributed by atoms with van der Waals surface area (Å²) in [6.45, 7) is 1.63. The first kappa shape index (κ1) is 16.7. The Bertz CT molecular complexity index is 793. The van der Waals surface area contributed by atoms with Gasteiger partial charge in [-0.25, -0.2) is 0 Å². The van der Waals surface area contributed by atoms with Crippen LogP contribution in [0, 0.1) is 5.92 Å². The summed E-state index contributed by atoms with van der Waals surface area (Å²) in [6, 6.07) is 9.81. The van der Waals surface area contributed by atoms with Crippen LogP contribution in [-0.4, -0.2) is 35.9 Å². The molecule has 132 valence electrons. The van der Waals surface area contributed by atoms with Crippen LogP contribution in [0.5, 0.6) is 11.5 Å². The molecular weight excluding hydrogens is 362 g/mol. The summed E-state index contributed by atoms with van der Waals surface area (Å²) in [6.07, 6.45) is 1.60. The van der Waals surface area contributed by atoms with Gasteiger partial charge in [-0.15, -0.1) is 11.3 Å². The maximum atomic E-state index is 11.5. The Morgan fingerprint density at radius 1 is 1.28 bits per heavy atom. The third kappa shape index (κ3) is 3.34. The summed E-state index contributed by atoms with van der Waals surface area (Å²) in [7, 11) is 0. The number of carbonyl (C=O) groups is 1.